The lowest BCUT2D eigenvalue weighted by atomic mass is 10.1. The Bertz CT molecular complexity index is 1340. The molecule has 1 aromatic carbocycles. The number of carbonyl (C=O) groups is 3. The number of sulfonamides is 1. The van der Waals surface area contributed by atoms with Gasteiger partial charge in [-0.15, -0.1) is 11.3 Å². The van der Waals surface area contributed by atoms with E-state index in [1.807, 2.05) is 0 Å². The van der Waals surface area contributed by atoms with Crippen molar-refractivity contribution in [2.45, 2.75) is 49.1 Å². The van der Waals surface area contributed by atoms with E-state index in [2.05, 4.69) is 10.0 Å². The van der Waals surface area contributed by atoms with Crippen LogP contribution >= 0.6 is 22.9 Å². The molecule has 2 aromatic rings. The molecule has 0 saturated carbocycles. The number of halogens is 1. The summed E-state index contributed by atoms with van der Waals surface area (Å²) in [5, 5.41) is 2.65. The molecular weight excluding hydrogens is 580 g/mol. The number of amides is 3. The average Bonchev–Trinajstić information content (AvgIpc) is 3.40. The Morgan fingerprint density at radius 1 is 1.12 bits per heavy atom. The van der Waals surface area contributed by atoms with Gasteiger partial charge in [-0.2, -0.15) is 4.72 Å². The number of thiophene rings is 1. The highest BCUT2D eigenvalue weighted by atomic mass is 35.5. The Morgan fingerprint density at radius 2 is 1.88 bits per heavy atom. The van der Waals surface area contributed by atoms with Crippen LogP contribution < -0.4 is 19.7 Å². The van der Waals surface area contributed by atoms with Crippen molar-refractivity contribution in [1.82, 2.24) is 14.9 Å². The highest BCUT2D eigenvalue weighted by Crippen LogP contribution is 2.36. The molecule has 0 spiro atoms. The van der Waals surface area contributed by atoms with Gasteiger partial charge in [0, 0.05) is 39.7 Å². The van der Waals surface area contributed by atoms with Crippen LogP contribution in [-0.2, 0) is 24.3 Å². The first kappa shape index (κ1) is 30.3. The molecular formula is C26H33ClN4O7S2. The van der Waals surface area contributed by atoms with Crippen LogP contribution in [-0.4, -0.2) is 83.6 Å². The normalized spacial score (nSPS) is 17.5. The Kier molecular flexibility index (Phi) is 10.1. The third-order valence-electron chi connectivity index (χ3n) is 7.01. The fraction of sp³-hybridized carbons (Fsp3) is 0.500. The minimum absolute atomic E-state index is 0.00891. The van der Waals surface area contributed by atoms with Crippen molar-refractivity contribution in [2.24, 2.45) is 0 Å². The molecule has 2 N–H and O–H groups in total. The maximum Gasteiger partial charge on any atom is 0.261 e. The second-order valence-corrected chi connectivity index (χ2v) is 13.0. The second-order valence-electron chi connectivity index (χ2n) is 9.56. The summed E-state index contributed by atoms with van der Waals surface area (Å²) in [4.78, 5) is 42.1. The van der Waals surface area contributed by atoms with Gasteiger partial charge in [0.05, 0.1) is 28.1 Å². The summed E-state index contributed by atoms with van der Waals surface area (Å²) >= 11 is 7.02. The number of methoxy groups -OCH3 is 2. The number of carbonyl (C=O) groups excluding carboxylic acids is 3. The molecule has 0 bridgehead atoms. The number of likely N-dealkylation sites (tertiary alicyclic amines) is 1. The summed E-state index contributed by atoms with van der Waals surface area (Å²) in [6.07, 6.45) is 3.17. The molecule has 0 aliphatic carbocycles. The van der Waals surface area contributed by atoms with Crippen molar-refractivity contribution in [3.8, 4) is 5.75 Å². The molecule has 2 fully saturated rings. The average molecular weight is 613 g/mol. The van der Waals surface area contributed by atoms with Crippen LogP contribution in [0.4, 0.5) is 5.69 Å². The van der Waals surface area contributed by atoms with Crippen LogP contribution in [0.2, 0.25) is 4.34 Å². The van der Waals surface area contributed by atoms with Crippen molar-refractivity contribution >= 4 is 56.4 Å². The number of piperidine rings is 2. The molecule has 4 rings (SSSR count). The van der Waals surface area contributed by atoms with Gasteiger partial charge < -0.3 is 24.6 Å². The molecule has 3 heterocycles. The van der Waals surface area contributed by atoms with Gasteiger partial charge in [-0.3, -0.25) is 14.4 Å². The molecule has 0 radical (unpaired) electrons. The summed E-state index contributed by atoms with van der Waals surface area (Å²) in [6, 6.07) is 6.36. The Morgan fingerprint density at radius 3 is 2.50 bits per heavy atom. The summed E-state index contributed by atoms with van der Waals surface area (Å²) in [6.45, 7) is 0.937. The molecule has 2 aliphatic rings. The smallest absolute Gasteiger partial charge is 0.261 e. The number of hydrogen-bond donors (Lipinski definition) is 2. The fourth-order valence-electron chi connectivity index (χ4n) is 4.87. The number of benzene rings is 1. The van der Waals surface area contributed by atoms with Gasteiger partial charge in [0.1, 0.15) is 10.9 Å². The lowest BCUT2D eigenvalue weighted by Crippen LogP contribution is -2.55. The van der Waals surface area contributed by atoms with E-state index in [1.54, 1.807) is 30.2 Å². The number of nitrogens with zero attached hydrogens (tertiary/aromatic N) is 2. The number of para-hydroxylation sites is 1. The van der Waals surface area contributed by atoms with E-state index in [0.29, 0.717) is 53.8 Å². The van der Waals surface area contributed by atoms with Gasteiger partial charge in [0.15, 0.2) is 5.75 Å². The third kappa shape index (κ3) is 6.95. The first-order chi connectivity index (χ1) is 19.1. The van der Waals surface area contributed by atoms with E-state index in [9.17, 15) is 22.8 Å². The standard InChI is InChI=1S/C26H33ClN4O7S2/c1-37-17-11-14-30(15-12-17)26(34)18(16-28-25(33)20-9-10-22(27)39-20)29-40(35,36)21-7-5-6-19(24(21)38-2)31-13-4-3-8-23(31)32/h5-7,9-10,17-18,29H,3-4,8,11-16H2,1-2H3,(H,28,33)/t18-/m0/s1. The maximum atomic E-state index is 13.7. The van der Waals surface area contributed by atoms with Crippen LogP contribution in [0.5, 0.6) is 5.75 Å². The first-order valence-corrected chi connectivity index (χ1v) is 15.7. The number of anilines is 1. The fourth-order valence-corrected chi connectivity index (χ4v) is 7.21. The van der Waals surface area contributed by atoms with Gasteiger partial charge in [-0.25, -0.2) is 8.42 Å². The zero-order valence-corrected chi connectivity index (χ0v) is 24.7. The number of ether oxygens (including phenoxy) is 2. The van der Waals surface area contributed by atoms with Crippen molar-refractivity contribution in [3.05, 3.63) is 39.5 Å². The predicted molar refractivity (Wildman–Crippen MR) is 152 cm³/mol. The van der Waals surface area contributed by atoms with E-state index in [-0.39, 0.29) is 29.2 Å². The van der Waals surface area contributed by atoms with E-state index < -0.39 is 27.9 Å². The highest BCUT2D eigenvalue weighted by molar-refractivity contribution is 7.89. The Labute approximate surface area is 242 Å². The minimum atomic E-state index is -4.34. The van der Waals surface area contributed by atoms with Crippen LogP contribution in [0.1, 0.15) is 41.8 Å². The molecule has 3 amide bonds. The Balaban J connectivity index is 1.60. The number of rotatable bonds is 10. The first-order valence-electron chi connectivity index (χ1n) is 13.0. The monoisotopic (exact) mass is 612 g/mol. The zero-order chi connectivity index (χ0) is 28.9. The SMILES string of the molecule is COc1c(N2CCCCC2=O)cccc1S(=O)(=O)N[C@@H](CNC(=O)c1ccc(Cl)s1)C(=O)N1CCC(OC)CC1. The summed E-state index contributed by atoms with van der Waals surface area (Å²) in [5.74, 6) is -1.05. The van der Waals surface area contributed by atoms with Gasteiger partial charge in [-0.05, 0) is 49.9 Å². The second kappa shape index (κ2) is 13.3. The van der Waals surface area contributed by atoms with Crippen molar-refractivity contribution < 1.29 is 32.3 Å². The van der Waals surface area contributed by atoms with E-state index in [0.717, 1.165) is 24.2 Å². The van der Waals surface area contributed by atoms with Gasteiger partial charge in [-0.1, -0.05) is 17.7 Å². The van der Waals surface area contributed by atoms with E-state index >= 15 is 0 Å². The summed E-state index contributed by atoms with van der Waals surface area (Å²) in [7, 11) is -1.39. The lowest BCUT2D eigenvalue weighted by molar-refractivity contribution is -0.135. The topological polar surface area (TPSA) is 134 Å². The van der Waals surface area contributed by atoms with Crippen molar-refractivity contribution in [3.63, 3.8) is 0 Å². The highest BCUT2D eigenvalue weighted by Gasteiger charge is 2.34. The van der Waals surface area contributed by atoms with Crippen LogP contribution in [0.25, 0.3) is 0 Å². The molecule has 14 heteroatoms. The quantitative estimate of drug-likeness (QED) is 0.421. The van der Waals surface area contributed by atoms with Gasteiger partial charge in [0.25, 0.3) is 5.91 Å². The molecule has 11 nitrogen and oxygen atoms in total. The van der Waals surface area contributed by atoms with Gasteiger partial charge in [0.2, 0.25) is 21.8 Å². The number of hydrogen-bond acceptors (Lipinski definition) is 8. The van der Waals surface area contributed by atoms with Crippen molar-refractivity contribution in [2.75, 3.05) is 45.3 Å². The minimum Gasteiger partial charge on any atom is -0.493 e. The molecule has 1 aromatic heterocycles. The van der Waals surface area contributed by atoms with Crippen LogP contribution in [0.15, 0.2) is 35.2 Å². The molecule has 1 atom stereocenters. The Hall–Kier alpha value is -2.71. The molecule has 2 saturated heterocycles. The zero-order valence-electron chi connectivity index (χ0n) is 22.4. The van der Waals surface area contributed by atoms with Crippen LogP contribution in [0.3, 0.4) is 0 Å². The maximum absolute atomic E-state index is 13.7. The van der Waals surface area contributed by atoms with Crippen LogP contribution in [0, 0.1) is 0 Å². The van der Waals surface area contributed by atoms with Crippen molar-refractivity contribution in [1.29, 1.82) is 0 Å². The van der Waals surface area contributed by atoms with E-state index in [1.165, 1.54) is 24.1 Å². The summed E-state index contributed by atoms with van der Waals surface area (Å²) < 4.78 is 41.3. The van der Waals surface area contributed by atoms with E-state index in [4.69, 9.17) is 21.1 Å². The molecule has 0 unspecified atom stereocenters. The molecule has 2 aliphatic heterocycles. The molecule has 218 valence electrons. The third-order valence-corrected chi connectivity index (χ3v) is 9.74. The predicted octanol–water partition coefficient (Wildman–Crippen LogP) is 2.64. The summed E-state index contributed by atoms with van der Waals surface area (Å²) in [5.41, 5.74) is 0.350. The largest absolute Gasteiger partial charge is 0.493 e. The lowest BCUT2D eigenvalue weighted by Gasteiger charge is -2.34. The number of nitrogens with one attached hydrogen (secondary N) is 2. The van der Waals surface area contributed by atoms with Gasteiger partial charge >= 0.3 is 0 Å². The molecule has 40 heavy (non-hydrogen) atoms.